The van der Waals surface area contributed by atoms with Crippen LogP contribution in [-0.4, -0.2) is 30.7 Å². The number of aromatic nitrogens is 5. The van der Waals surface area contributed by atoms with E-state index in [1.165, 1.54) is 24.5 Å². The summed E-state index contributed by atoms with van der Waals surface area (Å²) in [6.07, 6.45) is 6.06. The fourth-order valence-electron chi connectivity index (χ4n) is 3.36. The zero-order valence-corrected chi connectivity index (χ0v) is 17.3. The van der Waals surface area contributed by atoms with Gasteiger partial charge in [0.2, 0.25) is 12.4 Å². The van der Waals surface area contributed by atoms with E-state index in [1.54, 1.807) is 23.0 Å². The maximum absolute atomic E-state index is 12.6. The molecule has 0 unspecified atom stereocenters. The molecule has 0 aliphatic heterocycles. The van der Waals surface area contributed by atoms with E-state index < -0.39 is 0 Å². The van der Waals surface area contributed by atoms with Crippen LogP contribution >= 0.6 is 11.6 Å². The molecule has 0 saturated carbocycles. The van der Waals surface area contributed by atoms with Gasteiger partial charge in [0.25, 0.3) is 5.91 Å². The number of amides is 1. The van der Waals surface area contributed by atoms with Gasteiger partial charge in [-0.3, -0.25) is 10.0 Å². The van der Waals surface area contributed by atoms with Crippen molar-refractivity contribution in [3.8, 4) is 22.5 Å². The molecule has 156 valence electrons. The number of fused-ring (bicyclic) bond motifs is 1. The molecule has 0 spiro atoms. The fourth-order valence-corrected chi connectivity index (χ4v) is 3.49. The monoisotopic (exact) mass is 443 g/mol. The minimum Gasteiger partial charge on any atom is -0.307 e. The number of halogens is 1. The van der Waals surface area contributed by atoms with Gasteiger partial charge in [-0.2, -0.15) is 5.10 Å². The van der Waals surface area contributed by atoms with Crippen LogP contribution in [-0.2, 0) is 0 Å². The molecule has 0 aliphatic rings. The number of imidazole rings is 1. The molecule has 0 atom stereocenters. The fraction of sp³-hybridized carbons (Fsp3) is 0. The highest BCUT2D eigenvalue weighted by Gasteiger charge is 2.18. The first-order chi connectivity index (χ1) is 15.6. The quantitative estimate of drug-likeness (QED) is 0.324. The van der Waals surface area contributed by atoms with E-state index in [0.29, 0.717) is 22.1 Å². The molecule has 5 rings (SSSR count). The first-order valence-electron chi connectivity index (χ1n) is 9.66. The Morgan fingerprint density at radius 3 is 2.56 bits per heavy atom. The van der Waals surface area contributed by atoms with Crippen LogP contribution in [0.2, 0.25) is 5.02 Å². The van der Waals surface area contributed by atoms with Crippen LogP contribution in [0.15, 0.2) is 85.5 Å². The highest BCUT2D eigenvalue weighted by molar-refractivity contribution is 6.30. The van der Waals surface area contributed by atoms with Crippen LogP contribution in [0.25, 0.3) is 28.2 Å². The number of nitrogens with zero attached hydrogens (tertiary/aromatic N) is 5. The lowest BCUT2D eigenvalue weighted by Crippen LogP contribution is -2.28. The van der Waals surface area contributed by atoms with Crippen molar-refractivity contribution in [2.24, 2.45) is 0 Å². The molecule has 0 aliphatic carbocycles. The van der Waals surface area contributed by atoms with Crippen LogP contribution < -0.4 is 10.0 Å². The highest BCUT2D eigenvalue weighted by atomic mass is 35.5. The van der Waals surface area contributed by atoms with Gasteiger partial charge in [0.1, 0.15) is 11.5 Å². The van der Waals surface area contributed by atoms with E-state index in [4.69, 9.17) is 16.6 Å². The van der Waals surface area contributed by atoms with Crippen LogP contribution in [0.4, 0.5) is 5.82 Å². The second-order valence-electron chi connectivity index (χ2n) is 6.96. The Bertz CT molecular complexity index is 1430. The van der Waals surface area contributed by atoms with Gasteiger partial charge >= 0.3 is 0 Å². The Labute approximate surface area is 187 Å². The first kappa shape index (κ1) is 19.7. The number of nitrogens with one attached hydrogen (secondary N) is 1. The predicted molar refractivity (Wildman–Crippen MR) is 118 cm³/mol. The second-order valence-corrected chi connectivity index (χ2v) is 7.40. The molecule has 9 heteroatoms. The van der Waals surface area contributed by atoms with Crippen molar-refractivity contribution in [1.29, 1.82) is 0 Å². The third-order valence-electron chi connectivity index (χ3n) is 4.86. The van der Waals surface area contributed by atoms with Crippen LogP contribution in [0.3, 0.4) is 0 Å². The van der Waals surface area contributed by atoms with Crippen molar-refractivity contribution < 1.29 is 14.7 Å². The Balaban J connectivity index is 1.57. The molecule has 0 saturated heterocycles. The Kier molecular flexibility index (Phi) is 4.97. The normalized spacial score (nSPS) is 10.9. The summed E-state index contributed by atoms with van der Waals surface area (Å²) < 4.78 is 2.62. The van der Waals surface area contributed by atoms with Gasteiger partial charge in [-0.1, -0.05) is 23.7 Å². The average molecular weight is 444 g/mol. The number of anilines is 1. The summed E-state index contributed by atoms with van der Waals surface area (Å²) in [5, 5.41) is 17.2. The number of benzene rings is 1. The maximum Gasteiger partial charge on any atom is 0.257 e. The summed E-state index contributed by atoms with van der Waals surface area (Å²) in [5.41, 5.74) is 4.25. The number of carbonyl (C=O) groups is 1. The SMILES string of the molecule is O=C(Nc1cc(-c2c(-c3ccc(Cl)cc3)nc3cccnn23)ccn1)c1cc[n+](O)cc1. The molecule has 0 radical (unpaired) electrons. The van der Waals surface area contributed by atoms with Crippen molar-refractivity contribution in [1.82, 2.24) is 19.6 Å². The van der Waals surface area contributed by atoms with E-state index in [1.807, 2.05) is 42.5 Å². The molecular formula is C23H16ClN6O2+. The van der Waals surface area contributed by atoms with Crippen LogP contribution in [0, 0.1) is 0 Å². The number of carbonyl (C=O) groups excluding carboxylic acids is 1. The van der Waals surface area contributed by atoms with Crippen molar-refractivity contribution in [3.05, 3.63) is 96.0 Å². The minimum atomic E-state index is -0.343. The molecule has 1 aromatic carbocycles. The van der Waals surface area contributed by atoms with Gasteiger partial charge in [-0.25, -0.2) is 14.5 Å². The van der Waals surface area contributed by atoms with Gasteiger partial charge in [0, 0.05) is 45.4 Å². The summed E-state index contributed by atoms with van der Waals surface area (Å²) in [6.45, 7) is 0. The molecular weight excluding hydrogens is 428 g/mol. The van der Waals surface area contributed by atoms with E-state index in [0.717, 1.165) is 27.2 Å². The van der Waals surface area contributed by atoms with Crippen LogP contribution in [0.1, 0.15) is 10.4 Å². The largest absolute Gasteiger partial charge is 0.307 e. The topological polar surface area (TPSA) is 96.3 Å². The average Bonchev–Trinajstić information content (AvgIpc) is 3.20. The molecule has 32 heavy (non-hydrogen) atoms. The van der Waals surface area contributed by atoms with Gasteiger partial charge in [0.15, 0.2) is 5.65 Å². The smallest absolute Gasteiger partial charge is 0.257 e. The third kappa shape index (κ3) is 3.75. The number of pyridine rings is 2. The summed E-state index contributed by atoms with van der Waals surface area (Å²) in [7, 11) is 0. The molecule has 8 nitrogen and oxygen atoms in total. The first-order valence-corrected chi connectivity index (χ1v) is 10.0. The third-order valence-corrected chi connectivity index (χ3v) is 5.11. The van der Waals surface area contributed by atoms with Crippen molar-refractivity contribution in [3.63, 3.8) is 0 Å². The number of rotatable bonds is 4. The van der Waals surface area contributed by atoms with Gasteiger partial charge < -0.3 is 5.32 Å². The minimum absolute atomic E-state index is 0.343. The lowest BCUT2D eigenvalue weighted by Gasteiger charge is -2.08. The summed E-state index contributed by atoms with van der Waals surface area (Å²) in [6, 6.07) is 17.8. The van der Waals surface area contributed by atoms with Crippen LogP contribution in [0.5, 0.6) is 0 Å². The van der Waals surface area contributed by atoms with Gasteiger partial charge in [0.05, 0.1) is 11.3 Å². The molecule has 0 fully saturated rings. The van der Waals surface area contributed by atoms with Crippen molar-refractivity contribution in [2.75, 3.05) is 5.32 Å². The lowest BCUT2D eigenvalue weighted by atomic mass is 10.1. The molecule has 0 bridgehead atoms. The predicted octanol–water partition coefficient (Wildman–Crippen LogP) is 3.89. The second kappa shape index (κ2) is 8.09. The van der Waals surface area contributed by atoms with Gasteiger partial charge in [-0.15, -0.1) is 0 Å². The Morgan fingerprint density at radius 2 is 1.78 bits per heavy atom. The molecule has 5 aromatic rings. The maximum atomic E-state index is 12.6. The Hall–Kier alpha value is -4.30. The lowest BCUT2D eigenvalue weighted by molar-refractivity contribution is -0.904. The molecule has 4 heterocycles. The number of hydrogen-bond donors (Lipinski definition) is 2. The summed E-state index contributed by atoms with van der Waals surface area (Å²) >= 11 is 6.06. The molecule has 1 amide bonds. The zero-order chi connectivity index (χ0) is 22.1. The Morgan fingerprint density at radius 1 is 1.00 bits per heavy atom. The summed E-state index contributed by atoms with van der Waals surface area (Å²) in [5.74, 6) is 0.0330. The van der Waals surface area contributed by atoms with E-state index in [2.05, 4.69) is 15.4 Å². The van der Waals surface area contributed by atoms with E-state index in [9.17, 15) is 10.0 Å². The standard InChI is InChI=1S/C23H15ClN6O2/c24-18-5-3-15(4-6-18)21-22(30-20(28-21)2-1-10-26-30)17-7-11-25-19(14-17)27-23(31)16-8-12-29(32)13-9-16/h1-14H,(H-,25,27,31,32)/p+1. The molecule has 4 aromatic heterocycles. The van der Waals surface area contributed by atoms with E-state index >= 15 is 0 Å². The van der Waals surface area contributed by atoms with Crippen molar-refractivity contribution in [2.45, 2.75) is 0 Å². The van der Waals surface area contributed by atoms with E-state index in [-0.39, 0.29) is 5.91 Å². The number of hydrogen-bond acceptors (Lipinski definition) is 5. The van der Waals surface area contributed by atoms with Crippen molar-refractivity contribution >= 4 is 29.0 Å². The van der Waals surface area contributed by atoms with Gasteiger partial charge in [-0.05, 0) is 36.4 Å². The zero-order valence-electron chi connectivity index (χ0n) is 16.6. The molecule has 2 N–H and O–H groups in total. The highest BCUT2D eigenvalue weighted by Crippen LogP contribution is 2.33. The summed E-state index contributed by atoms with van der Waals surface area (Å²) in [4.78, 5) is 21.6.